The predicted molar refractivity (Wildman–Crippen MR) is 98.7 cm³/mol. The molecule has 0 radical (unpaired) electrons. The Bertz CT molecular complexity index is 704. The predicted octanol–water partition coefficient (Wildman–Crippen LogP) is 4.01. The van der Waals surface area contributed by atoms with Crippen molar-refractivity contribution in [3.63, 3.8) is 0 Å². The minimum atomic E-state index is 0.0148. The molecular formula is C19H24ClN3O2. The van der Waals surface area contributed by atoms with Gasteiger partial charge in [0.05, 0.1) is 23.6 Å². The van der Waals surface area contributed by atoms with Crippen LogP contribution in [0.15, 0.2) is 30.5 Å². The fraction of sp³-hybridized carbons (Fsp3) is 0.474. The fourth-order valence-electron chi connectivity index (χ4n) is 3.01. The van der Waals surface area contributed by atoms with Gasteiger partial charge in [-0.25, -0.2) is 0 Å². The molecule has 1 N–H and O–H groups in total. The van der Waals surface area contributed by atoms with Crippen LogP contribution in [0.3, 0.4) is 0 Å². The second-order valence-electron chi connectivity index (χ2n) is 6.88. The summed E-state index contributed by atoms with van der Waals surface area (Å²) in [6.07, 6.45) is 3.62. The van der Waals surface area contributed by atoms with Crippen molar-refractivity contribution in [2.24, 2.45) is 5.92 Å². The zero-order valence-electron chi connectivity index (χ0n) is 14.7. The quantitative estimate of drug-likeness (QED) is 0.875. The summed E-state index contributed by atoms with van der Waals surface area (Å²) >= 11 is 5.94. The Morgan fingerprint density at radius 1 is 1.32 bits per heavy atom. The molecule has 1 aromatic carbocycles. The Hall–Kier alpha value is -1.85. The van der Waals surface area contributed by atoms with E-state index in [4.69, 9.17) is 16.3 Å². The van der Waals surface area contributed by atoms with Crippen LogP contribution in [0.25, 0.3) is 11.3 Å². The number of carbonyl (C=O) groups excluding carboxylic acids is 1. The van der Waals surface area contributed by atoms with Gasteiger partial charge < -0.3 is 9.64 Å². The summed E-state index contributed by atoms with van der Waals surface area (Å²) in [5.41, 5.74) is 2.24. The summed E-state index contributed by atoms with van der Waals surface area (Å²) < 4.78 is 5.90. The number of benzene rings is 1. The van der Waals surface area contributed by atoms with Crippen molar-refractivity contribution in [1.29, 1.82) is 0 Å². The summed E-state index contributed by atoms with van der Waals surface area (Å²) in [4.78, 5) is 14.8. The first kappa shape index (κ1) is 18.0. The van der Waals surface area contributed by atoms with E-state index in [0.717, 1.165) is 30.7 Å². The van der Waals surface area contributed by atoms with Gasteiger partial charge in [0, 0.05) is 30.3 Å². The maximum atomic E-state index is 12.9. The summed E-state index contributed by atoms with van der Waals surface area (Å²) in [5, 5.41) is 7.67. The number of rotatable bonds is 5. The topological polar surface area (TPSA) is 58.2 Å². The summed E-state index contributed by atoms with van der Waals surface area (Å²) in [6.45, 7) is 6.51. The minimum absolute atomic E-state index is 0.0148. The van der Waals surface area contributed by atoms with Gasteiger partial charge >= 0.3 is 0 Å². The van der Waals surface area contributed by atoms with Crippen LogP contribution >= 0.6 is 11.6 Å². The van der Waals surface area contributed by atoms with E-state index < -0.39 is 0 Å². The first-order valence-corrected chi connectivity index (χ1v) is 9.12. The Morgan fingerprint density at radius 2 is 2.00 bits per heavy atom. The molecule has 0 aliphatic carbocycles. The third-order valence-electron chi connectivity index (χ3n) is 4.40. The molecule has 1 saturated heterocycles. The molecule has 134 valence electrons. The number of hydrogen-bond acceptors (Lipinski definition) is 3. The molecule has 0 atom stereocenters. The summed E-state index contributed by atoms with van der Waals surface area (Å²) in [7, 11) is 0. The molecule has 1 fully saturated rings. The smallest absolute Gasteiger partial charge is 0.257 e. The number of ether oxygens (including phenoxy) is 1. The van der Waals surface area contributed by atoms with Crippen LogP contribution in [0.2, 0.25) is 5.02 Å². The van der Waals surface area contributed by atoms with Gasteiger partial charge in [-0.2, -0.15) is 5.10 Å². The number of amides is 1. The fourth-order valence-corrected chi connectivity index (χ4v) is 3.14. The normalized spacial score (nSPS) is 15.8. The average Bonchev–Trinajstić information content (AvgIpc) is 3.10. The van der Waals surface area contributed by atoms with E-state index in [9.17, 15) is 4.79 Å². The monoisotopic (exact) mass is 361 g/mol. The van der Waals surface area contributed by atoms with Crippen LogP contribution in [0.1, 0.15) is 37.0 Å². The SMILES string of the molecule is CC(C)COC1CCN(C(=O)c2cn[nH]c2-c2ccc(Cl)cc2)CC1. The van der Waals surface area contributed by atoms with Gasteiger partial charge in [-0.05, 0) is 30.9 Å². The van der Waals surface area contributed by atoms with E-state index in [1.54, 1.807) is 6.20 Å². The summed E-state index contributed by atoms with van der Waals surface area (Å²) in [5.74, 6) is 0.550. The Kier molecular flexibility index (Phi) is 5.76. The molecule has 0 bridgehead atoms. The van der Waals surface area contributed by atoms with Crippen LogP contribution < -0.4 is 0 Å². The highest BCUT2D eigenvalue weighted by molar-refractivity contribution is 6.30. The van der Waals surface area contributed by atoms with Crippen LogP contribution in [-0.2, 0) is 4.74 Å². The lowest BCUT2D eigenvalue weighted by Crippen LogP contribution is -2.41. The number of H-pyrrole nitrogens is 1. The molecule has 1 aromatic heterocycles. The molecule has 2 heterocycles. The lowest BCUT2D eigenvalue weighted by atomic mass is 10.0. The zero-order chi connectivity index (χ0) is 17.8. The molecular weight excluding hydrogens is 338 g/mol. The van der Waals surface area contributed by atoms with Gasteiger partial charge in [-0.15, -0.1) is 0 Å². The van der Waals surface area contributed by atoms with Crippen LogP contribution in [0, 0.1) is 5.92 Å². The molecule has 0 unspecified atom stereocenters. The lowest BCUT2D eigenvalue weighted by molar-refractivity contribution is -0.00229. The van der Waals surface area contributed by atoms with E-state index in [0.29, 0.717) is 29.6 Å². The molecule has 2 aromatic rings. The second-order valence-corrected chi connectivity index (χ2v) is 7.32. The lowest BCUT2D eigenvalue weighted by Gasteiger charge is -2.32. The van der Waals surface area contributed by atoms with Crippen LogP contribution in [0.5, 0.6) is 0 Å². The Balaban J connectivity index is 1.65. The van der Waals surface area contributed by atoms with Crippen molar-refractivity contribution in [2.75, 3.05) is 19.7 Å². The third-order valence-corrected chi connectivity index (χ3v) is 4.65. The minimum Gasteiger partial charge on any atom is -0.378 e. The van der Waals surface area contributed by atoms with Crippen LogP contribution in [0.4, 0.5) is 0 Å². The molecule has 1 aliphatic heterocycles. The van der Waals surface area contributed by atoms with Gasteiger partial charge in [0.2, 0.25) is 0 Å². The van der Waals surface area contributed by atoms with E-state index in [2.05, 4.69) is 24.0 Å². The Morgan fingerprint density at radius 3 is 2.64 bits per heavy atom. The number of hydrogen-bond donors (Lipinski definition) is 1. The first-order chi connectivity index (χ1) is 12.0. The average molecular weight is 362 g/mol. The third kappa shape index (κ3) is 4.41. The molecule has 25 heavy (non-hydrogen) atoms. The van der Waals surface area contributed by atoms with E-state index in [1.807, 2.05) is 29.2 Å². The largest absolute Gasteiger partial charge is 0.378 e. The van der Waals surface area contributed by atoms with Gasteiger partial charge in [0.25, 0.3) is 5.91 Å². The first-order valence-electron chi connectivity index (χ1n) is 8.74. The van der Waals surface area contributed by atoms with Crippen molar-refractivity contribution in [1.82, 2.24) is 15.1 Å². The number of halogens is 1. The number of aromatic amines is 1. The highest BCUT2D eigenvalue weighted by atomic mass is 35.5. The van der Waals surface area contributed by atoms with Gasteiger partial charge in [-0.1, -0.05) is 37.6 Å². The van der Waals surface area contributed by atoms with Crippen molar-refractivity contribution in [2.45, 2.75) is 32.8 Å². The van der Waals surface area contributed by atoms with Crippen molar-refractivity contribution in [3.05, 3.63) is 41.0 Å². The molecule has 1 aliphatic rings. The number of likely N-dealkylation sites (tertiary alicyclic amines) is 1. The van der Waals surface area contributed by atoms with Crippen molar-refractivity contribution in [3.8, 4) is 11.3 Å². The Labute approximate surface area is 153 Å². The van der Waals surface area contributed by atoms with Crippen molar-refractivity contribution >= 4 is 17.5 Å². The van der Waals surface area contributed by atoms with Gasteiger partial charge in [-0.3, -0.25) is 9.89 Å². The highest BCUT2D eigenvalue weighted by Gasteiger charge is 2.26. The molecule has 0 spiro atoms. The molecule has 1 amide bonds. The number of carbonyl (C=O) groups is 1. The standard InChI is InChI=1S/C19H24ClN3O2/c1-13(2)12-25-16-7-9-23(10-8-16)19(24)17-11-21-22-18(17)14-3-5-15(20)6-4-14/h3-6,11,13,16H,7-10,12H2,1-2H3,(H,21,22). The molecule has 5 nitrogen and oxygen atoms in total. The van der Waals surface area contributed by atoms with E-state index in [1.165, 1.54) is 0 Å². The number of piperidine rings is 1. The summed E-state index contributed by atoms with van der Waals surface area (Å²) in [6, 6.07) is 7.39. The molecule has 6 heteroatoms. The zero-order valence-corrected chi connectivity index (χ0v) is 15.4. The second kappa shape index (κ2) is 8.02. The maximum Gasteiger partial charge on any atom is 0.257 e. The van der Waals surface area contributed by atoms with Gasteiger partial charge in [0.1, 0.15) is 0 Å². The van der Waals surface area contributed by atoms with Crippen molar-refractivity contribution < 1.29 is 9.53 Å². The number of nitrogens with zero attached hydrogens (tertiary/aromatic N) is 2. The molecule has 3 rings (SSSR count). The van der Waals surface area contributed by atoms with Gasteiger partial charge in [0.15, 0.2) is 0 Å². The highest BCUT2D eigenvalue weighted by Crippen LogP contribution is 2.25. The van der Waals surface area contributed by atoms with E-state index >= 15 is 0 Å². The number of nitrogens with one attached hydrogen (secondary N) is 1. The number of aromatic nitrogens is 2. The van der Waals surface area contributed by atoms with E-state index in [-0.39, 0.29) is 12.0 Å². The molecule has 0 saturated carbocycles. The van der Waals surface area contributed by atoms with Crippen LogP contribution in [-0.4, -0.2) is 46.8 Å². The maximum absolute atomic E-state index is 12.9.